The summed E-state index contributed by atoms with van der Waals surface area (Å²) in [4.78, 5) is 9.84. The SMILES string of the molecule is C=CC(=O)OC.[Ca].[Mg]. The molecule has 0 fully saturated rings. The van der Waals surface area contributed by atoms with Gasteiger partial charge in [-0.15, -0.1) is 0 Å². The first kappa shape index (κ1) is 16.1. The van der Waals surface area contributed by atoms with Gasteiger partial charge in [0.15, 0.2) is 0 Å². The van der Waals surface area contributed by atoms with Crippen molar-refractivity contribution in [1.29, 1.82) is 0 Å². The first-order valence-corrected chi connectivity index (χ1v) is 1.51. The summed E-state index contributed by atoms with van der Waals surface area (Å²) in [5.41, 5.74) is 0. The summed E-state index contributed by atoms with van der Waals surface area (Å²) in [5, 5.41) is 0. The maximum atomic E-state index is 9.84. The van der Waals surface area contributed by atoms with Crippen LogP contribution in [0, 0.1) is 0 Å². The Hall–Kier alpha value is 1.24. The molecule has 0 aliphatic carbocycles. The van der Waals surface area contributed by atoms with Crippen molar-refractivity contribution >= 4 is 66.8 Å². The number of esters is 1. The van der Waals surface area contributed by atoms with E-state index >= 15 is 0 Å². The molecule has 0 spiro atoms. The molecule has 0 saturated carbocycles. The molecular formula is C4H6CaMgO2. The van der Waals surface area contributed by atoms with Gasteiger partial charge in [0.05, 0.1) is 7.11 Å². The normalized spacial score (nSPS) is 5.12. The second-order valence-corrected chi connectivity index (χ2v) is 0.727. The molecule has 4 heteroatoms. The van der Waals surface area contributed by atoms with Crippen molar-refractivity contribution in [2.45, 2.75) is 0 Å². The Morgan fingerprint density at radius 1 is 1.75 bits per heavy atom. The fourth-order valence-electron chi connectivity index (χ4n) is 0.0833. The van der Waals surface area contributed by atoms with Gasteiger partial charge in [-0.2, -0.15) is 0 Å². The Kier molecular flexibility index (Phi) is 22.3. The number of rotatable bonds is 1. The summed E-state index contributed by atoms with van der Waals surface area (Å²) in [5.74, 6) is -0.394. The molecule has 0 aromatic rings. The predicted octanol–water partition coefficient (Wildman–Crippen LogP) is -0.416. The van der Waals surface area contributed by atoms with Crippen LogP contribution in [0.5, 0.6) is 0 Å². The minimum atomic E-state index is -0.394. The van der Waals surface area contributed by atoms with Crippen molar-refractivity contribution in [1.82, 2.24) is 0 Å². The molecule has 0 amide bonds. The summed E-state index contributed by atoms with van der Waals surface area (Å²) >= 11 is 0. The van der Waals surface area contributed by atoms with Crippen LogP contribution in [0.3, 0.4) is 0 Å². The molecule has 0 aromatic carbocycles. The van der Waals surface area contributed by atoms with Crippen LogP contribution in [0.2, 0.25) is 0 Å². The monoisotopic (exact) mass is 150 g/mol. The third kappa shape index (κ3) is 10.3. The van der Waals surface area contributed by atoms with E-state index in [0.29, 0.717) is 0 Å². The third-order valence-corrected chi connectivity index (χ3v) is 0.368. The number of methoxy groups -OCH3 is 1. The Balaban J connectivity index is -0.000000125. The van der Waals surface area contributed by atoms with Gasteiger partial charge in [0, 0.05) is 66.9 Å². The van der Waals surface area contributed by atoms with Crippen molar-refractivity contribution in [3.05, 3.63) is 12.7 Å². The molecule has 0 heterocycles. The minimum Gasteiger partial charge on any atom is -0.466 e. The largest absolute Gasteiger partial charge is 0.466 e. The van der Waals surface area contributed by atoms with Gasteiger partial charge in [-0.3, -0.25) is 0 Å². The van der Waals surface area contributed by atoms with Gasteiger partial charge in [-0.05, 0) is 0 Å². The van der Waals surface area contributed by atoms with Crippen LogP contribution in [0.25, 0.3) is 0 Å². The Labute approximate surface area is 94.8 Å². The van der Waals surface area contributed by atoms with E-state index in [1.165, 1.54) is 7.11 Å². The van der Waals surface area contributed by atoms with Crippen molar-refractivity contribution in [2.75, 3.05) is 7.11 Å². The molecule has 0 N–H and O–H groups in total. The molecule has 0 saturated heterocycles. The first-order chi connectivity index (χ1) is 2.81. The fourth-order valence-corrected chi connectivity index (χ4v) is 0.0833. The first-order valence-electron chi connectivity index (χ1n) is 1.51. The van der Waals surface area contributed by atoms with E-state index in [0.717, 1.165) is 6.08 Å². The maximum Gasteiger partial charge on any atom is 0.329 e. The van der Waals surface area contributed by atoms with Crippen LogP contribution < -0.4 is 0 Å². The van der Waals surface area contributed by atoms with Gasteiger partial charge >= 0.3 is 5.97 Å². The van der Waals surface area contributed by atoms with Crippen molar-refractivity contribution in [3.63, 3.8) is 0 Å². The maximum absolute atomic E-state index is 9.84. The molecule has 0 rings (SSSR count). The molecule has 0 aliphatic heterocycles. The van der Waals surface area contributed by atoms with E-state index in [1.807, 2.05) is 0 Å². The zero-order valence-electron chi connectivity index (χ0n) is 5.02. The second-order valence-electron chi connectivity index (χ2n) is 0.727. The van der Waals surface area contributed by atoms with E-state index in [9.17, 15) is 4.79 Å². The summed E-state index contributed by atoms with van der Waals surface area (Å²) in [7, 11) is 1.31. The van der Waals surface area contributed by atoms with E-state index in [1.54, 1.807) is 0 Å². The van der Waals surface area contributed by atoms with Gasteiger partial charge in [-0.25, -0.2) is 4.79 Å². The summed E-state index contributed by atoms with van der Waals surface area (Å²) in [6.07, 6.45) is 1.11. The fraction of sp³-hybridized carbons (Fsp3) is 0.250. The second kappa shape index (κ2) is 11.1. The molecule has 0 bridgehead atoms. The smallest absolute Gasteiger partial charge is 0.329 e. The summed E-state index contributed by atoms with van der Waals surface area (Å²) < 4.78 is 4.14. The molecule has 0 aliphatic rings. The van der Waals surface area contributed by atoms with Crippen LogP contribution in [0.15, 0.2) is 12.7 Å². The van der Waals surface area contributed by atoms with Gasteiger partial charge in [0.1, 0.15) is 0 Å². The predicted molar refractivity (Wildman–Crippen MR) is 33.7 cm³/mol. The van der Waals surface area contributed by atoms with Gasteiger partial charge in [0.2, 0.25) is 0 Å². The zero-order valence-corrected chi connectivity index (χ0v) is 8.64. The average molecular weight is 150 g/mol. The Morgan fingerprint density at radius 2 is 2.12 bits per heavy atom. The molecular weight excluding hydrogens is 144 g/mol. The number of ether oxygens (including phenoxy) is 1. The van der Waals surface area contributed by atoms with Crippen molar-refractivity contribution in [3.8, 4) is 0 Å². The standard InChI is InChI=1S/C4H6O2.Ca.Mg/c1-3-4(5)6-2;;/h3H,1H2,2H3;;. The van der Waals surface area contributed by atoms with Gasteiger partial charge in [-0.1, -0.05) is 6.58 Å². The van der Waals surface area contributed by atoms with E-state index in [2.05, 4.69) is 11.3 Å². The average Bonchev–Trinajstić information content (AvgIpc) is 1.65. The van der Waals surface area contributed by atoms with Crippen molar-refractivity contribution in [2.24, 2.45) is 0 Å². The topological polar surface area (TPSA) is 26.3 Å². The molecule has 0 unspecified atom stereocenters. The molecule has 38 valence electrons. The van der Waals surface area contributed by atoms with Gasteiger partial charge in [0.25, 0.3) is 0 Å². The van der Waals surface area contributed by atoms with E-state index in [4.69, 9.17) is 0 Å². The number of carbonyl (C=O) groups is 1. The molecule has 2 nitrogen and oxygen atoms in total. The minimum absolute atomic E-state index is 0. The molecule has 4 radical (unpaired) electrons. The van der Waals surface area contributed by atoms with Crippen LogP contribution in [0.4, 0.5) is 0 Å². The van der Waals surface area contributed by atoms with E-state index in [-0.39, 0.29) is 60.8 Å². The van der Waals surface area contributed by atoms with Gasteiger partial charge < -0.3 is 4.74 Å². The van der Waals surface area contributed by atoms with Crippen LogP contribution in [-0.2, 0) is 9.53 Å². The molecule has 0 aromatic heterocycles. The molecule has 0 atom stereocenters. The Bertz CT molecular complexity index is 74.4. The number of carbonyl (C=O) groups excluding carboxylic acids is 1. The molecule has 8 heavy (non-hydrogen) atoms. The number of hydrogen-bond acceptors (Lipinski definition) is 2. The quantitative estimate of drug-likeness (QED) is 0.288. The van der Waals surface area contributed by atoms with Crippen molar-refractivity contribution < 1.29 is 9.53 Å². The third-order valence-electron chi connectivity index (χ3n) is 0.368. The van der Waals surface area contributed by atoms with E-state index < -0.39 is 5.97 Å². The van der Waals surface area contributed by atoms with Crippen LogP contribution >= 0.6 is 0 Å². The Morgan fingerprint density at radius 3 is 2.12 bits per heavy atom. The zero-order chi connectivity index (χ0) is 4.99. The number of hydrogen-bond donors (Lipinski definition) is 0. The van der Waals surface area contributed by atoms with Crippen LogP contribution in [-0.4, -0.2) is 73.9 Å². The van der Waals surface area contributed by atoms with Crippen LogP contribution in [0.1, 0.15) is 0 Å². The summed E-state index contributed by atoms with van der Waals surface area (Å²) in [6, 6.07) is 0. The summed E-state index contributed by atoms with van der Waals surface area (Å²) in [6.45, 7) is 3.16.